The van der Waals surface area contributed by atoms with E-state index in [1.807, 2.05) is 6.07 Å². The molecular formula is C15H12BrN3O3S. The van der Waals surface area contributed by atoms with Crippen LogP contribution >= 0.6 is 27.7 Å². The number of hydrogen-bond donors (Lipinski definition) is 2. The highest BCUT2D eigenvalue weighted by Crippen LogP contribution is 2.37. The van der Waals surface area contributed by atoms with Gasteiger partial charge >= 0.3 is 11.1 Å². The number of amides is 1. The molecule has 1 aromatic carbocycles. The zero-order valence-corrected chi connectivity index (χ0v) is 14.3. The maximum absolute atomic E-state index is 12.3. The number of H-pyrrole nitrogens is 1. The van der Waals surface area contributed by atoms with Gasteiger partial charge in [-0.1, -0.05) is 21.9 Å². The quantitative estimate of drug-likeness (QED) is 0.606. The Morgan fingerprint density at radius 2 is 2.30 bits per heavy atom. The molecule has 1 aromatic heterocycles. The molecule has 0 saturated carbocycles. The highest BCUT2D eigenvalue weighted by molar-refractivity contribution is 9.10. The maximum Gasteiger partial charge on any atom is 0.317 e. The highest BCUT2D eigenvalue weighted by Gasteiger charge is 2.26. The Hall–Kier alpha value is -1.98. The second-order valence-electron chi connectivity index (χ2n) is 5.08. The van der Waals surface area contributed by atoms with Gasteiger partial charge in [0.15, 0.2) is 0 Å². The zero-order valence-electron chi connectivity index (χ0n) is 11.9. The molecule has 118 valence electrons. The largest absolute Gasteiger partial charge is 0.345 e. The summed E-state index contributed by atoms with van der Waals surface area (Å²) in [6, 6.07) is 3.26. The molecule has 1 amide bonds. The Morgan fingerprint density at radius 1 is 1.52 bits per heavy atom. The average Bonchev–Trinajstić information content (AvgIpc) is 2.51. The number of nitrogens with zero attached hydrogens (tertiary/aromatic N) is 1. The number of hydrogen-bond acceptors (Lipinski definition) is 4. The molecule has 23 heavy (non-hydrogen) atoms. The van der Waals surface area contributed by atoms with Gasteiger partial charge in [0.05, 0.1) is 23.6 Å². The van der Waals surface area contributed by atoms with Crippen molar-refractivity contribution in [2.24, 2.45) is 0 Å². The van der Waals surface area contributed by atoms with Crippen LogP contribution < -0.4 is 16.4 Å². The lowest BCUT2D eigenvalue weighted by molar-refractivity contribution is -0.121. The predicted molar refractivity (Wildman–Crippen MR) is 92.7 cm³/mol. The number of rotatable bonds is 3. The van der Waals surface area contributed by atoms with Gasteiger partial charge in [0.25, 0.3) is 0 Å². The van der Waals surface area contributed by atoms with E-state index in [0.717, 1.165) is 9.37 Å². The maximum atomic E-state index is 12.3. The Kier molecular flexibility index (Phi) is 4.33. The van der Waals surface area contributed by atoms with Crippen LogP contribution in [0.1, 0.15) is 12.5 Å². The number of nitrogens with one attached hydrogen (secondary N) is 2. The number of benzene rings is 1. The molecule has 2 N–H and O–H groups in total. The normalized spacial score (nSPS) is 16.1. The molecule has 1 unspecified atom stereocenters. The Labute approximate surface area is 143 Å². The smallest absolute Gasteiger partial charge is 0.317 e. The van der Waals surface area contributed by atoms with E-state index in [1.165, 1.54) is 4.57 Å². The predicted octanol–water partition coefficient (Wildman–Crippen LogP) is 1.24. The van der Waals surface area contributed by atoms with Crippen molar-refractivity contribution in [3.8, 4) is 12.3 Å². The molecule has 2 heterocycles. The first-order valence-corrected chi connectivity index (χ1v) is 8.60. The summed E-state index contributed by atoms with van der Waals surface area (Å²) in [6.07, 6.45) is 5.22. The Balaban J connectivity index is 2.12. The lowest BCUT2D eigenvalue weighted by Gasteiger charge is -2.26. The van der Waals surface area contributed by atoms with Crippen molar-refractivity contribution in [2.75, 3.05) is 12.3 Å². The van der Waals surface area contributed by atoms with Crippen LogP contribution in [0.3, 0.4) is 0 Å². The van der Waals surface area contributed by atoms with Crippen molar-refractivity contribution in [1.29, 1.82) is 0 Å². The van der Waals surface area contributed by atoms with Gasteiger partial charge in [-0.05, 0) is 12.1 Å². The summed E-state index contributed by atoms with van der Waals surface area (Å²) in [5.41, 5.74) is -0.109. The van der Waals surface area contributed by atoms with Crippen LogP contribution in [0.4, 0.5) is 0 Å². The summed E-state index contributed by atoms with van der Waals surface area (Å²) in [4.78, 5) is 39.7. The van der Waals surface area contributed by atoms with Crippen LogP contribution in [0.15, 0.2) is 31.1 Å². The second kappa shape index (κ2) is 6.26. The number of halogens is 1. The molecular weight excluding hydrogens is 382 g/mol. The Morgan fingerprint density at radius 3 is 3.04 bits per heavy atom. The van der Waals surface area contributed by atoms with E-state index in [0.29, 0.717) is 16.8 Å². The minimum Gasteiger partial charge on any atom is -0.345 e. The SMILES string of the molecule is C#CCNC(=O)CC1CSc2cc(Br)cc3[nH]c(=O)c(=O)n1c23. The third-order valence-corrected chi connectivity index (χ3v) is 5.18. The van der Waals surface area contributed by atoms with Gasteiger partial charge in [0.2, 0.25) is 5.91 Å². The van der Waals surface area contributed by atoms with Crippen molar-refractivity contribution >= 4 is 44.6 Å². The van der Waals surface area contributed by atoms with Crippen molar-refractivity contribution in [3.63, 3.8) is 0 Å². The van der Waals surface area contributed by atoms with Crippen LogP contribution in [-0.4, -0.2) is 27.8 Å². The van der Waals surface area contributed by atoms with Gasteiger partial charge in [-0.25, -0.2) is 0 Å². The monoisotopic (exact) mass is 393 g/mol. The van der Waals surface area contributed by atoms with Gasteiger partial charge < -0.3 is 10.3 Å². The third kappa shape index (κ3) is 2.94. The average molecular weight is 394 g/mol. The van der Waals surface area contributed by atoms with Gasteiger partial charge in [0, 0.05) is 21.5 Å². The number of carbonyl (C=O) groups excluding carboxylic acids is 1. The lowest BCUT2D eigenvalue weighted by Crippen LogP contribution is -2.41. The molecule has 0 spiro atoms. The molecule has 1 aliphatic heterocycles. The molecule has 0 fully saturated rings. The second-order valence-corrected chi connectivity index (χ2v) is 7.06. The summed E-state index contributed by atoms with van der Waals surface area (Å²) >= 11 is 4.95. The molecule has 1 atom stereocenters. The van der Waals surface area contributed by atoms with E-state index >= 15 is 0 Å². The fourth-order valence-electron chi connectivity index (χ4n) is 2.61. The highest BCUT2D eigenvalue weighted by atomic mass is 79.9. The van der Waals surface area contributed by atoms with Crippen LogP contribution in [0, 0.1) is 12.3 Å². The van der Waals surface area contributed by atoms with Crippen molar-refractivity contribution < 1.29 is 4.79 Å². The van der Waals surface area contributed by atoms with Crippen molar-refractivity contribution in [1.82, 2.24) is 14.9 Å². The molecule has 0 bridgehead atoms. The zero-order chi connectivity index (χ0) is 16.6. The first kappa shape index (κ1) is 15.9. The molecule has 8 heteroatoms. The van der Waals surface area contributed by atoms with E-state index < -0.39 is 11.1 Å². The minimum atomic E-state index is -0.692. The first-order chi connectivity index (χ1) is 11.0. The molecule has 0 aliphatic carbocycles. The van der Waals surface area contributed by atoms with E-state index in [2.05, 4.69) is 32.2 Å². The van der Waals surface area contributed by atoms with Crippen LogP contribution in [-0.2, 0) is 4.79 Å². The van der Waals surface area contributed by atoms with Crippen LogP contribution in [0.5, 0.6) is 0 Å². The van der Waals surface area contributed by atoms with Gasteiger partial charge in [-0.3, -0.25) is 19.0 Å². The first-order valence-electron chi connectivity index (χ1n) is 6.82. The molecule has 6 nitrogen and oxygen atoms in total. The molecule has 2 aromatic rings. The molecule has 3 rings (SSSR count). The molecule has 1 aliphatic rings. The Bertz CT molecular complexity index is 957. The third-order valence-electron chi connectivity index (χ3n) is 3.55. The topological polar surface area (TPSA) is 84.0 Å². The number of thioether (sulfide) groups is 1. The fourth-order valence-corrected chi connectivity index (χ4v) is 4.41. The molecule has 0 saturated heterocycles. The fraction of sp³-hybridized carbons (Fsp3) is 0.267. The summed E-state index contributed by atoms with van der Waals surface area (Å²) in [5.74, 6) is 2.62. The summed E-state index contributed by atoms with van der Waals surface area (Å²) in [7, 11) is 0. The van der Waals surface area contributed by atoms with E-state index in [4.69, 9.17) is 6.42 Å². The van der Waals surface area contributed by atoms with Crippen LogP contribution in [0.25, 0.3) is 11.0 Å². The van der Waals surface area contributed by atoms with E-state index in [-0.39, 0.29) is 24.9 Å². The summed E-state index contributed by atoms with van der Waals surface area (Å²) < 4.78 is 2.25. The number of aromatic amines is 1. The van der Waals surface area contributed by atoms with E-state index in [9.17, 15) is 14.4 Å². The van der Waals surface area contributed by atoms with Gasteiger partial charge in [0.1, 0.15) is 0 Å². The van der Waals surface area contributed by atoms with Gasteiger partial charge in [-0.15, -0.1) is 18.2 Å². The molecule has 0 radical (unpaired) electrons. The standard InChI is InChI=1S/C15H12BrN3O3S/c1-2-3-17-12(20)6-9-7-23-11-5-8(16)4-10-13(11)19(9)15(22)14(21)18-10/h1,4-5,9H,3,6-7H2,(H,17,20)(H,18,21). The minimum absolute atomic E-state index is 0.0998. The number of aromatic nitrogens is 2. The summed E-state index contributed by atoms with van der Waals surface area (Å²) in [6.45, 7) is 0.141. The van der Waals surface area contributed by atoms with E-state index in [1.54, 1.807) is 17.8 Å². The number of terminal acetylenes is 1. The van der Waals surface area contributed by atoms with Gasteiger partial charge in [-0.2, -0.15) is 0 Å². The lowest BCUT2D eigenvalue weighted by atomic mass is 10.2. The van der Waals surface area contributed by atoms with Crippen LogP contribution in [0.2, 0.25) is 0 Å². The van der Waals surface area contributed by atoms with Crippen molar-refractivity contribution in [2.45, 2.75) is 17.4 Å². The van der Waals surface area contributed by atoms with Crippen molar-refractivity contribution in [3.05, 3.63) is 37.3 Å². The number of carbonyl (C=O) groups is 1. The summed E-state index contributed by atoms with van der Waals surface area (Å²) in [5, 5.41) is 2.59.